The first-order valence-corrected chi connectivity index (χ1v) is 8.05. The predicted molar refractivity (Wildman–Crippen MR) is 89.5 cm³/mol. The summed E-state index contributed by atoms with van der Waals surface area (Å²) >= 11 is 0. The van der Waals surface area contributed by atoms with Gasteiger partial charge in [-0.05, 0) is 42.9 Å². The Balaban J connectivity index is 1.72. The van der Waals surface area contributed by atoms with Gasteiger partial charge in [0.25, 0.3) is 0 Å². The van der Waals surface area contributed by atoms with E-state index < -0.39 is 0 Å². The summed E-state index contributed by atoms with van der Waals surface area (Å²) in [6.07, 6.45) is 5.20. The minimum Gasteiger partial charge on any atom is -0.339 e. The molecule has 0 saturated carbocycles. The molecule has 1 aliphatic rings. The van der Waals surface area contributed by atoms with E-state index in [0.29, 0.717) is 5.92 Å². The second kappa shape index (κ2) is 6.73. The van der Waals surface area contributed by atoms with Gasteiger partial charge in [0.05, 0.1) is 6.20 Å². The van der Waals surface area contributed by atoms with Crippen LogP contribution in [-0.2, 0) is 6.42 Å². The summed E-state index contributed by atoms with van der Waals surface area (Å²) < 4.78 is 0. The van der Waals surface area contributed by atoms with Crippen LogP contribution in [0.4, 0.5) is 17.5 Å². The van der Waals surface area contributed by atoms with Crippen molar-refractivity contribution in [2.75, 3.05) is 23.3 Å². The molecule has 0 spiro atoms. The topological polar surface area (TPSA) is 53.9 Å². The van der Waals surface area contributed by atoms with Crippen LogP contribution in [0.1, 0.15) is 32.3 Å². The monoisotopic (exact) mass is 297 g/mol. The van der Waals surface area contributed by atoms with Gasteiger partial charge in [0, 0.05) is 18.8 Å². The molecule has 3 rings (SSSR count). The minimum absolute atomic E-state index is 0.690. The zero-order valence-electron chi connectivity index (χ0n) is 13.3. The Bertz CT molecular complexity index is 611. The normalized spacial score (nSPS) is 18.3. The fraction of sp³-hybridized carbons (Fsp3) is 0.471. The number of anilines is 3. The lowest BCUT2D eigenvalue weighted by Crippen LogP contribution is -2.35. The average molecular weight is 297 g/mol. The molecule has 1 fully saturated rings. The number of aryl methyl sites for hydroxylation is 1. The van der Waals surface area contributed by atoms with E-state index in [2.05, 4.69) is 63.5 Å². The van der Waals surface area contributed by atoms with Crippen LogP contribution in [0.2, 0.25) is 0 Å². The molecule has 1 unspecified atom stereocenters. The lowest BCUT2D eigenvalue weighted by molar-refractivity contribution is 0.441. The van der Waals surface area contributed by atoms with E-state index in [0.717, 1.165) is 37.0 Å². The number of hydrogen-bond donors (Lipinski definition) is 1. The Kier molecular flexibility index (Phi) is 4.51. The van der Waals surface area contributed by atoms with Crippen molar-refractivity contribution < 1.29 is 0 Å². The van der Waals surface area contributed by atoms with Crippen LogP contribution < -0.4 is 10.2 Å². The van der Waals surface area contributed by atoms with Gasteiger partial charge in [-0.15, -0.1) is 5.10 Å². The molecule has 1 aliphatic heterocycles. The Hall–Kier alpha value is -2.17. The largest absolute Gasteiger partial charge is 0.339 e. The van der Waals surface area contributed by atoms with E-state index in [4.69, 9.17) is 0 Å². The van der Waals surface area contributed by atoms with E-state index in [1.165, 1.54) is 18.4 Å². The highest BCUT2D eigenvalue weighted by molar-refractivity contribution is 5.56. The van der Waals surface area contributed by atoms with Crippen LogP contribution in [0.3, 0.4) is 0 Å². The van der Waals surface area contributed by atoms with Gasteiger partial charge in [-0.25, -0.2) is 0 Å². The van der Waals surface area contributed by atoms with Crippen molar-refractivity contribution >= 4 is 17.5 Å². The molecule has 1 aromatic heterocycles. The molecular formula is C17H23N5. The Morgan fingerprint density at radius 2 is 2.09 bits per heavy atom. The summed E-state index contributed by atoms with van der Waals surface area (Å²) in [6, 6.07) is 8.40. The van der Waals surface area contributed by atoms with Crippen molar-refractivity contribution in [3.63, 3.8) is 0 Å². The molecule has 22 heavy (non-hydrogen) atoms. The molecule has 116 valence electrons. The Labute approximate surface area is 131 Å². The Morgan fingerprint density at radius 1 is 1.27 bits per heavy atom. The first-order chi connectivity index (χ1) is 10.7. The van der Waals surface area contributed by atoms with Gasteiger partial charge < -0.3 is 10.2 Å². The molecule has 0 amide bonds. The van der Waals surface area contributed by atoms with Crippen LogP contribution in [0, 0.1) is 5.92 Å². The maximum atomic E-state index is 4.61. The summed E-state index contributed by atoms with van der Waals surface area (Å²) in [5, 5.41) is 11.6. The maximum absolute atomic E-state index is 4.61. The van der Waals surface area contributed by atoms with E-state index in [1.54, 1.807) is 6.20 Å². The molecular weight excluding hydrogens is 274 g/mol. The van der Waals surface area contributed by atoms with Gasteiger partial charge >= 0.3 is 0 Å². The molecule has 5 heteroatoms. The van der Waals surface area contributed by atoms with Gasteiger partial charge in [-0.1, -0.05) is 26.0 Å². The molecule has 5 nitrogen and oxygen atoms in total. The summed E-state index contributed by atoms with van der Waals surface area (Å²) in [7, 11) is 0. The maximum Gasteiger partial charge on any atom is 0.247 e. The highest BCUT2D eigenvalue weighted by atomic mass is 15.3. The molecule has 1 atom stereocenters. The first kappa shape index (κ1) is 14.8. The van der Waals surface area contributed by atoms with Gasteiger partial charge in [0.2, 0.25) is 5.95 Å². The van der Waals surface area contributed by atoms with Crippen LogP contribution in [0.25, 0.3) is 0 Å². The minimum atomic E-state index is 0.690. The third-order valence-electron chi connectivity index (χ3n) is 4.12. The van der Waals surface area contributed by atoms with Crippen LogP contribution in [0.15, 0.2) is 30.5 Å². The second-order valence-electron chi connectivity index (χ2n) is 6.01. The van der Waals surface area contributed by atoms with E-state index in [9.17, 15) is 0 Å². The Morgan fingerprint density at radius 3 is 2.82 bits per heavy atom. The van der Waals surface area contributed by atoms with Gasteiger partial charge in [-0.2, -0.15) is 10.1 Å². The molecule has 1 saturated heterocycles. The van der Waals surface area contributed by atoms with E-state index in [-0.39, 0.29) is 0 Å². The lowest BCUT2D eigenvalue weighted by Gasteiger charge is -2.30. The third-order valence-corrected chi connectivity index (χ3v) is 4.12. The summed E-state index contributed by atoms with van der Waals surface area (Å²) in [5.74, 6) is 2.16. The van der Waals surface area contributed by atoms with Crippen LogP contribution >= 0.6 is 0 Å². The fourth-order valence-corrected chi connectivity index (χ4v) is 2.83. The number of rotatable bonds is 4. The second-order valence-corrected chi connectivity index (χ2v) is 6.01. The SMILES string of the molecule is CCc1ccc(Nc2cnnc(N3CCCC(C)C3)n2)cc1. The van der Waals surface area contributed by atoms with Crippen molar-refractivity contribution in [2.45, 2.75) is 33.1 Å². The van der Waals surface area contributed by atoms with Gasteiger partial charge in [0.1, 0.15) is 0 Å². The average Bonchev–Trinajstić information content (AvgIpc) is 2.56. The zero-order chi connectivity index (χ0) is 15.4. The molecule has 0 radical (unpaired) electrons. The number of nitrogens with one attached hydrogen (secondary N) is 1. The van der Waals surface area contributed by atoms with Crippen molar-refractivity contribution in [3.8, 4) is 0 Å². The highest BCUT2D eigenvalue weighted by Crippen LogP contribution is 2.21. The van der Waals surface area contributed by atoms with E-state index in [1.807, 2.05) is 0 Å². The van der Waals surface area contributed by atoms with Crippen molar-refractivity contribution in [2.24, 2.45) is 5.92 Å². The smallest absolute Gasteiger partial charge is 0.247 e. The summed E-state index contributed by atoms with van der Waals surface area (Å²) in [4.78, 5) is 6.84. The molecule has 0 bridgehead atoms. The van der Waals surface area contributed by atoms with Crippen LogP contribution in [-0.4, -0.2) is 28.3 Å². The standard InChI is InChI=1S/C17H23N5/c1-3-14-6-8-15(9-7-14)19-16-11-18-21-17(20-16)22-10-4-5-13(2)12-22/h6-9,11,13H,3-5,10,12H2,1-2H3,(H,19,20,21). The molecule has 1 N–H and O–H groups in total. The number of benzene rings is 1. The zero-order valence-corrected chi connectivity index (χ0v) is 13.3. The highest BCUT2D eigenvalue weighted by Gasteiger charge is 2.19. The van der Waals surface area contributed by atoms with Crippen molar-refractivity contribution in [1.29, 1.82) is 0 Å². The molecule has 0 aliphatic carbocycles. The number of piperidine rings is 1. The number of hydrogen-bond acceptors (Lipinski definition) is 5. The van der Waals surface area contributed by atoms with Gasteiger partial charge in [-0.3, -0.25) is 0 Å². The van der Waals surface area contributed by atoms with Crippen molar-refractivity contribution in [1.82, 2.24) is 15.2 Å². The van der Waals surface area contributed by atoms with Crippen molar-refractivity contribution in [3.05, 3.63) is 36.0 Å². The third kappa shape index (κ3) is 3.53. The summed E-state index contributed by atoms with van der Waals surface area (Å²) in [6.45, 7) is 6.46. The van der Waals surface area contributed by atoms with E-state index >= 15 is 0 Å². The molecule has 1 aromatic carbocycles. The molecule has 2 heterocycles. The number of aromatic nitrogens is 3. The fourth-order valence-electron chi connectivity index (χ4n) is 2.83. The first-order valence-electron chi connectivity index (χ1n) is 8.05. The molecule has 2 aromatic rings. The summed E-state index contributed by atoms with van der Waals surface area (Å²) in [5.41, 5.74) is 2.35. The van der Waals surface area contributed by atoms with Gasteiger partial charge in [0.15, 0.2) is 5.82 Å². The predicted octanol–water partition coefficient (Wildman–Crippen LogP) is 3.41. The quantitative estimate of drug-likeness (QED) is 0.937. The van der Waals surface area contributed by atoms with Crippen LogP contribution in [0.5, 0.6) is 0 Å². The lowest BCUT2D eigenvalue weighted by atomic mass is 10.0. The number of nitrogens with zero attached hydrogens (tertiary/aromatic N) is 4.